The van der Waals surface area contributed by atoms with Gasteiger partial charge in [0.15, 0.2) is 0 Å². The molecule has 1 atom stereocenters. The minimum Gasteiger partial charge on any atom is -0.497 e. The van der Waals surface area contributed by atoms with Gasteiger partial charge in [-0.2, -0.15) is 0 Å². The lowest BCUT2D eigenvalue weighted by molar-refractivity contribution is -0.139. The molecule has 2 aromatic rings. The van der Waals surface area contributed by atoms with E-state index in [-0.39, 0.29) is 18.5 Å². The molecule has 0 aliphatic carbocycles. The van der Waals surface area contributed by atoms with Gasteiger partial charge in [-0.25, -0.2) is 9.59 Å². The van der Waals surface area contributed by atoms with Crippen LogP contribution in [-0.4, -0.2) is 93.2 Å². The number of thiophene rings is 1. The number of urea groups is 1. The van der Waals surface area contributed by atoms with E-state index < -0.39 is 12.0 Å². The first kappa shape index (κ1) is 26.5. The number of carbonyl (C=O) groups excluding carboxylic acids is 3. The van der Waals surface area contributed by atoms with Crippen LogP contribution in [0.2, 0.25) is 0 Å². The highest BCUT2D eigenvalue weighted by molar-refractivity contribution is 7.12. The first-order valence-electron chi connectivity index (χ1n) is 12.1. The van der Waals surface area contributed by atoms with Crippen LogP contribution in [0, 0.1) is 0 Å². The molecule has 1 aromatic carbocycles. The van der Waals surface area contributed by atoms with Crippen molar-refractivity contribution in [2.75, 3.05) is 60.6 Å². The average molecular weight is 529 g/mol. The van der Waals surface area contributed by atoms with Crippen LogP contribution in [0.4, 0.5) is 4.79 Å². The maximum atomic E-state index is 13.3. The quantitative estimate of drug-likeness (QED) is 0.526. The molecule has 3 amide bonds. The highest BCUT2D eigenvalue weighted by Crippen LogP contribution is 2.35. The molecule has 198 valence electrons. The van der Waals surface area contributed by atoms with E-state index in [9.17, 15) is 14.4 Å². The predicted octanol–water partition coefficient (Wildman–Crippen LogP) is 2.74. The van der Waals surface area contributed by atoms with Crippen molar-refractivity contribution in [3.05, 3.63) is 57.4 Å². The van der Waals surface area contributed by atoms with Gasteiger partial charge in [0, 0.05) is 51.5 Å². The zero-order valence-corrected chi connectivity index (χ0v) is 22.3. The van der Waals surface area contributed by atoms with E-state index in [2.05, 4.69) is 10.2 Å². The first-order valence-corrected chi connectivity index (χ1v) is 13.0. The van der Waals surface area contributed by atoms with Crippen LogP contribution in [-0.2, 0) is 9.53 Å². The van der Waals surface area contributed by atoms with Crippen molar-refractivity contribution >= 4 is 29.2 Å². The Bertz CT molecular complexity index is 1150. The summed E-state index contributed by atoms with van der Waals surface area (Å²) in [5.74, 6) is 0.613. The Morgan fingerprint density at radius 2 is 1.76 bits per heavy atom. The molecular formula is C26H32N4O6S. The number of likely N-dealkylation sites (N-methyl/N-ethyl adjacent to an activating group) is 1. The molecule has 1 fully saturated rings. The standard InChI is InChI=1S/C26H32N4O6S/c1-5-36-25(32)22-20(16-29-8-10-30(11-9-29)24(31)21-7-6-12-37-21)28(2)26(33)27-23(22)17-13-18(34-3)15-19(14-17)35-4/h6-7,12-15,23H,5,8-11,16H2,1-4H3,(H,27,33). The highest BCUT2D eigenvalue weighted by atomic mass is 32.1. The van der Waals surface area contributed by atoms with Gasteiger partial charge < -0.3 is 24.4 Å². The van der Waals surface area contributed by atoms with Crippen LogP contribution >= 0.6 is 11.3 Å². The third-order valence-corrected chi connectivity index (χ3v) is 7.40. The molecule has 11 heteroatoms. The smallest absolute Gasteiger partial charge is 0.338 e. The molecule has 1 saturated heterocycles. The number of nitrogens with zero attached hydrogens (tertiary/aromatic N) is 3. The molecule has 4 rings (SSSR count). The summed E-state index contributed by atoms with van der Waals surface area (Å²) in [5, 5.41) is 4.82. The molecule has 1 N–H and O–H groups in total. The number of amides is 3. The number of ether oxygens (including phenoxy) is 3. The Kier molecular flexibility index (Phi) is 8.34. The molecular weight excluding hydrogens is 496 g/mol. The normalized spacial score (nSPS) is 18.5. The lowest BCUT2D eigenvalue weighted by atomic mass is 9.93. The number of esters is 1. The van der Waals surface area contributed by atoms with Gasteiger partial charge in [0.05, 0.1) is 37.3 Å². The van der Waals surface area contributed by atoms with Crippen LogP contribution < -0.4 is 14.8 Å². The summed E-state index contributed by atoms with van der Waals surface area (Å²) < 4.78 is 16.2. The fourth-order valence-electron chi connectivity index (χ4n) is 4.52. The zero-order chi connectivity index (χ0) is 26.5. The summed E-state index contributed by atoms with van der Waals surface area (Å²) in [6.45, 7) is 4.66. The van der Waals surface area contributed by atoms with E-state index in [1.54, 1.807) is 46.4 Å². The van der Waals surface area contributed by atoms with Crippen LogP contribution in [0.15, 0.2) is 47.0 Å². The van der Waals surface area contributed by atoms with E-state index >= 15 is 0 Å². The molecule has 2 aliphatic rings. The average Bonchev–Trinajstić information content (AvgIpc) is 3.46. The number of benzene rings is 1. The summed E-state index contributed by atoms with van der Waals surface area (Å²) in [7, 11) is 4.73. The summed E-state index contributed by atoms with van der Waals surface area (Å²) in [6.07, 6.45) is 0. The third-order valence-electron chi connectivity index (χ3n) is 6.54. The molecule has 10 nitrogen and oxygen atoms in total. The topological polar surface area (TPSA) is 101 Å². The number of hydrogen-bond acceptors (Lipinski definition) is 8. The van der Waals surface area contributed by atoms with Gasteiger partial charge in [-0.15, -0.1) is 11.3 Å². The maximum Gasteiger partial charge on any atom is 0.338 e. The second kappa shape index (κ2) is 11.7. The van der Waals surface area contributed by atoms with Crippen LogP contribution in [0.1, 0.15) is 28.2 Å². The van der Waals surface area contributed by atoms with Crippen LogP contribution in [0.5, 0.6) is 11.5 Å². The largest absolute Gasteiger partial charge is 0.497 e. The lowest BCUT2D eigenvalue weighted by Crippen LogP contribution is -2.53. The van der Waals surface area contributed by atoms with Crippen molar-refractivity contribution in [3.63, 3.8) is 0 Å². The van der Waals surface area contributed by atoms with Crippen molar-refractivity contribution in [2.45, 2.75) is 13.0 Å². The monoisotopic (exact) mass is 528 g/mol. The molecule has 0 bridgehead atoms. The van der Waals surface area contributed by atoms with E-state index in [0.29, 0.717) is 61.1 Å². The molecule has 1 unspecified atom stereocenters. The highest BCUT2D eigenvalue weighted by Gasteiger charge is 2.38. The Balaban J connectivity index is 1.63. The number of piperazine rings is 1. The van der Waals surface area contributed by atoms with Gasteiger partial charge in [0.1, 0.15) is 11.5 Å². The second-order valence-electron chi connectivity index (χ2n) is 8.71. The van der Waals surface area contributed by atoms with Gasteiger partial charge in [-0.05, 0) is 36.1 Å². The molecule has 37 heavy (non-hydrogen) atoms. The first-order chi connectivity index (χ1) is 17.9. The van der Waals surface area contributed by atoms with Gasteiger partial charge in [0.2, 0.25) is 0 Å². The molecule has 2 aliphatic heterocycles. The minimum absolute atomic E-state index is 0.0299. The van der Waals surface area contributed by atoms with Crippen LogP contribution in [0.3, 0.4) is 0 Å². The predicted molar refractivity (Wildman–Crippen MR) is 139 cm³/mol. The minimum atomic E-state index is -0.747. The lowest BCUT2D eigenvalue weighted by Gasteiger charge is -2.39. The summed E-state index contributed by atoms with van der Waals surface area (Å²) >= 11 is 1.43. The van der Waals surface area contributed by atoms with Gasteiger partial charge in [-0.3, -0.25) is 14.6 Å². The fourth-order valence-corrected chi connectivity index (χ4v) is 5.21. The zero-order valence-electron chi connectivity index (χ0n) is 21.5. The molecule has 0 saturated carbocycles. The third kappa shape index (κ3) is 5.72. The summed E-state index contributed by atoms with van der Waals surface area (Å²) in [5.41, 5.74) is 1.56. The van der Waals surface area contributed by atoms with Crippen molar-refractivity contribution < 1.29 is 28.6 Å². The molecule has 0 radical (unpaired) electrons. The van der Waals surface area contributed by atoms with E-state index in [4.69, 9.17) is 14.2 Å². The van der Waals surface area contributed by atoms with E-state index in [1.807, 2.05) is 22.4 Å². The molecule has 1 aromatic heterocycles. The number of rotatable bonds is 8. The number of methoxy groups -OCH3 is 2. The Hall–Kier alpha value is -3.57. The van der Waals surface area contributed by atoms with Crippen molar-refractivity contribution in [2.24, 2.45) is 0 Å². The number of carbonyl (C=O) groups is 3. The Morgan fingerprint density at radius 3 is 2.32 bits per heavy atom. The molecule has 0 spiro atoms. The van der Waals surface area contributed by atoms with Crippen molar-refractivity contribution in [1.82, 2.24) is 20.0 Å². The Morgan fingerprint density at radius 1 is 1.08 bits per heavy atom. The second-order valence-corrected chi connectivity index (χ2v) is 9.66. The Labute approximate surface area is 220 Å². The van der Waals surface area contributed by atoms with Crippen molar-refractivity contribution in [1.29, 1.82) is 0 Å². The molecule has 3 heterocycles. The van der Waals surface area contributed by atoms with E-state index in [0.717, 1.165) is 4.88 Å². The maximum absolute atomic E-state index is 13.3. The van der Waals surface area contributed by atoms with Gasteiger partial charge >= 0.3 is 12.0 Å². The summed E-state index contributed by atoms with van der Waals surface area (Å²) in [6, 6.07) is 7.89. The fraction of sp³-hybridized carbons (Fsp3) is 0.423. The summed E-state index contributed by atoms with van der Waals surface area (Å²) in [4.78, 5) is 45.2. The van der Waals surface area contributed by atoms with Gasteiger partial charge in [0.25, 0.3) is 5.91 Å². The number of nitrogens with one attached hydrogen (secondary N) is 1. The van der Waals surface area contributed by atoms with Gasteiger partial charge in [-0.1, -0.05) is 6.07 Å². The van der Waals surface area contributed by atoms with Crippen LogP contribution in [0.25, 0.3) is 0 Å². The van der Waals surface area contributed by atoms with E-state index in [1.165, 1.54) is 16.2 Å². The number of hydrogen-bond donors (Lipinski definition) is 1. The van der Waals surface area contributed by atoms with Crippen molar-refractivity contribution in [3.8, 4) is 11.5 Å². The SMILES string of the molecule is CCOC(=O)C1=C(CN2CCN(C(=O)c3cccs3)CC2)N(C)C(=O)NC1c1cc(OC)cc(OC)c1.